The number of hydrogen-bond donors (Lipinski definition) is 2. The molecule has 2 rings (SSSR count). The van der Waals surface area contributed by atoms with Crippen molar-refractivity contribution in [2.45, 2.75) is 17.7 Å². The molecule has 0 aromatic heterocycles. The molecule has 0 fully saturated rings. The quantitative estimate of drug-likeness (QED) is 0.814. The second-order valence-corrected chi connectivity index (χ2v) is 7.16. The normalized spacial score (nSPS) is 11.5. The van der Waals surface area contributed by atoms with E-state index < -0.39 is 10.0 Å². The van der Waals surface area contributed by atoms with Crippen LogP contribution in [-0.2, 0) is 22.9 Å². The summed E-state index contributed by atoms with van der Waals surface area (Å²) < 4.78 is 26.8. The summed E-state index contributed by atoms with van der Waals surface area (Å²) in [6.45, 7) is 0.974. The number of hydrogen-bond acceptors (Lipinski definition) is 3. The van der Waals surface area contributed by atoms with Crippen LogP contribution in [-0.4, -0.2) is 21.5 Å². The van der Waals surface area contributed by atoms with Crippen LogP contribution in [0.2, 0.25) is 5.02 Å². The predicted octanol–water partition coefficient (Wildman–Crippen LogP) is 2.36. The number of nitrogens with one attached hydrogen (secondary N) is 1. The highest BCUT2D eigenvalue weighted by Gasteiger charge is 2.12. The summed E-state index contributed by atoms with van der Waals surface area (Å²) in [6, 6.07) is 14.2. The summed E-state index contributed by atoms with van der Waals surface area (Å²) in [5, 5.41) is 0.511. The molecule has 0 heterocycles. The minimum absolute atomic E-state index is 0.218. The van der Waals surface area contributed by atoms with E-state index >= 15 is 0 Å². The van der Waals surface area contributed by atoms with Crippen molar-refractivity contribution in [1.29, 1.82) is 0 Å². The first-order chi connectivity index (χ1) is 10.5. The smallest absolute Gasteiger partial charge is 0.240 e. The maximum absolute atomic E-state index is 12.1. The average Bonchev–Trinajstić information content (AvgIpc) is 2.50. The molecule has 2 aromatic carbocycles. The molecule has 0 saturated carbocycles. The Kier molecular flexibility index (Phi) is 5.97. The molecule has 0 spiro atoms. The molecule has 0 radical (unpaired) electrons. The molecule has 0 atom stereocenters. The van der Waals surface area contributed by atoms with Crippen LogP contribution in [0.4, 0.5) is 0 Å². The van der Waals surface area contributed by atoms with Crippen LogP contribution >= 0.6 is 11.6 Å². The van der Waals surface area contributed by atoms with Gasteiger partial charge in [-0.2, -0.15) is 0 Å². The van der Waals surface area contributed by atoms with Crippen LogP contribution in [0, 0.1) is 0 Å². The number of halogens is 1. The van der Waals surface area contributed by atoms with Gasteiger partial charge in [0.2, 0.25) is 10.0 Å². The minimum Gasteiger partial charge on any atom is -0.330 e. The van der Waals surface area contributed by atoms with E-state index in [0.717, 1.165) is 12.0 Å². The summed E-state index contributed by atoms with van der Waals surface area (Å²) in [4.78, 5) is 0.218. The molecule has 3 N–H and O–H groups in total. The molecule has 0 saturated heterocycles. The zero-order chi connectivity index (χ0) is 16.0. The minimum atomic E-state index is -3.49. The fraction of sp³-hybridized carbons (Fsp3) is 0.250. The van der Waals surface area contributed by atoms with Crippen LogP contribution in [0.5, 0.6) is 0 Å². The monoisotopic (exact) mass is 338 g/mol. The zero-order valence-electron chi connectivity index (χ0n) is 12.1. The van der Waals surface area contributed by atoms with Gasteiger partial charge in [-0.1, -0.05) is 35.9 Å². The molecule has 0 aliphatic carbocycles. The molecule has 0 amide bonds. The lowest BCUT2D eigenvalue weighted by Gasteiger charge is -2.07. The van der Waals surface area contributed by atoms with Crippen molar-refractivity contribution in [3.05, 3.63) is 64.7 Å². The van der Waals surface area contributed by atoms with E-state index in [1.54, 1.807) is 12.1 Å². The topological polar surface area (TPSA) is 72.2 Å². The summed E-state index contributed by atoms with van der Waals surface area (Å²) in [5.41, 5.74) is 7.78. The number of sulfonamides is 1. The van der Waals surface area contributed by atoms with E-state index in [1.165, 1.54) is 17.7 Å². The van der Waals surface area contributed by atoms with E-state index in [-0.39, 0.29) is 4.90 Å². The average molecular weight is 339 g/mol. The number of nitrogens with two attached hydrogens (primary N) is 1. The van der Waals surface area contributed by atoms with Crippen molar-refractivity contribution in [2.75, 3.05) is 13.1 Å². The van der Waals surface area contributed by atoms with E-state index in [9.17, 15) is 8.42 Å². The Hall–Kier alpha value is -1.40. The Balaban J connectivity index is 1.91. The summed E-state index contributed by atoms with van der Waals surface area (Å²) in [7, 11) is -3.49. The Labute approximate surface area is 136 Å². The Morgan fingerprint density at radius 3 is 2.00 bits per heavy atom. The van der Waals surface area contributed by atoms with Crippen molar-refractivity contribution < 1.29 is 8.42 Å². The lowest BCUT2D eigenvalue weighted by Crippen LogP contribution is -2.25. The second kappa shape index (κ2) is 7.74. The van der Waals surface area contributed by atoms with Crippen LogP contribution in [0.1, 0.15) is 11.1 Å². The third-order valence-electron chi connectivity index (χ3n) is 3.29. The van der Waals surface area contributed by atoms with E-state index in [0.29, 0.717) is 24.5 Å². The first-order valence-corrected chi connectivity index (χ1v) is 8.90. The van der Waals surface area contributed by atoms with Crippen molar-refractivity contribution in [1.82, 2.24) is 4.72 Å². The second-order valence-electron chi connectivity index (χ2n) is 4.96. The molecule has 118 valence electrons. The third kappa shape index (κ3) is 4.81. The molecule has 6 heteroatoms. The van der Waals surface area contributed by atoms with Gasteiger partial charge < -0.3 is 5.73 Å². The Morgan fingerprint density at radius 2 is 1.45 bits per heavy atom. The summed E-state index contributed by atoms with van der Waals surface area (Å²) in [5.74, 6) is 0. The highest BCUT2D eigenvalue weighted by Crippen LogP contribution is 2.14. The molecule has 0 aliphatic heterocycles. The summed E-state index contributed by atoms with van der Waals surface area (Å²) in [6.07, 6.45) is 1.49. The van der Waals surface area contributed by atoms with Gasteiger partial charge in [0.1, 0.15) is 0 Å². The highest BCUT2D eigenvalue weighted by atomic mass is 35.5. The maximum Gasteiger partial charge on any atom is 0.240 e. The van der Waals surface area contributed by atoms with E-state index in [2.05, 4.69) is 4.72 Å². The fourth-order valence-corrected chi connectivity index (χ4v) is 3.22. The summed E-state index contributed by atoms with van der Waals surface area (Å²) >= 11 is 5.76. The van der Waals surface area contributed by atoms with Gasteiger partial charge in [0, 0.05) is 11.6 Å². The van der Waals surface area contributed by atoms with Crippen molar-refractivity contribution in [3.8, 4) is 0 Å². The van der Waals surface area contributed by atoms with Crippen LogP contribution in [0.15, 0.2) is 53.4 Å². The van der Waals surface area contributed by atoms with Crippen LogP contribution in [0.3, 0.4) is 0 Å². The lowest BCUT2D eigenvalue weighted by molar-refractivity contribution is 0.581. The fourth-order valence-electron chi connectivity index (χ4n) is 2.07. The van der Waals surface area contributed by atoms with Crippen LogP contribution in [0.25, 0.3) is 0 Å². The molecule has 22 heavy (non-hydrogen) atoms. The van der Waals surface area contributed by atoms with Gasteiger partial charge >= 0.3 is 0 Å². The van der Waals surface area contributed by atoms with Crippen molar-refractivity contribution in [2.24, 2.45) is 5.73 Å². The van der Waals surface area contributed by atoms with Gasteiger partial charge in [-0.15, -0.1) is 0 Å². The van der Waals surface area contributed by atoms with Gasteiger partial charge in [0.25, 0.3) is 0 Å². The molecule has 2 aromatic rings. The SMILES string of the molecule is NCCc1ccc(CCNS(=O)(=O)c2ccc(Cl)cc2)cc1. The maximum atomic E-state index is 12.1. The molecule has 0 aliphatic rings. The first kappa shape index (κ1) is 17.0. The lowest BCUT2D eigenvalue weighted by atomic mass is 10.1. The van der Waals surface area contributed by atoms with Crippen molar-refractivity contribution >= 4 is 21.6 Å². The Bertz CT molecular complexity index is 698. The molecular weight excluding hydrogens is 320 g/mol. The third-order valence-corrected chi connectivity index (χ3v) is 5.01. The molecule has 0 bridgehead atoms. The van der Waals surface area contributed by atoms with Crippen molar-refractivity contribution in [3.63, 3.8) is 0 Å². The molecule has 4 nitrogen and oxygen atoms in total. The number of rotatable bonds is 7. The zero-order valence-corrected chi connectivity index (χ0v) is 13.7. The van der Waals surface area contributed by atoms with Gasteiger partial charge in [-0.05, 0) is 54.8 Å². The van der Waals surface area contributed by atoms with Crippen LogP contribution < -0.4 is 10.5 Å². The predicted molar refractivity (Wildman–Crippen MR) is 89.5 cm³/mol. The number of benzene rings is 2. The van der Waals surface area contributed by atoms with E-state index in [1.807, 2.05) is 24.3 Å². The first-order valence-electron chi connectivity index (χ1n) is 7.04. The molecular formula is C16H19ClN2O2S. The largest absolute Gasteiger partial charge is 0.330 e. The highest BCUT2D eigenvalue weighted by molar-refractivity contribution is 7.89. The van der Waals surface area contributed by atoms with E-state index in [4.69, 9.17) is 17.3 Å². The van der Waals surface area contributed by atoms with Gasteiger partial charge in [0.15, 0.2) is 0 Å². The molecule has 0 unspecified atom stereocenters. The van der Waals surface area contributed by atoms with Gasteiger partial charge in [-0.25, -0.2) is 13.1 Å². The Morgan fingerprint density at radius 1 is 0.909 bits per heavy atom. The van der Waals surface area contributed by atoms with Gasteiger partial charge in [0.05, 0.1) is 4.90 Å². The van der Waals surface area contributed by atoms with Gasteiger partial charge in [-0.3, -0.25) is 0 Å². The standard InChI is InChI=1S/C16H19ClN2O2S/c17-15-5-7-16(8-6-15)22(20,21)19-12-10-14-3-1-13(2-4-14)9-11-18/h1-8,19H,9-12,18H2.